The van der Waals surface area contributed by atoms with E-state index in [2.05, 4.69) is 20.5 Å². The van der Waals surface area contributed by atoms with Crippen molar-refractivity contribution in [2.75, 3.05) is 12.0 Å². The number of hydrogen-bond donors (Lipinski definition) is 1. The van der Waals surface area contributed by atoms with Crippen molar-refractivity contribution in [2.45, 2.75) is 33.8 Å². The summed E-state index contributed by atoms with van der Waals surface area (Å²) in [6, 6.07) is 9.08. The highest BCUT2D eigenvalue weighted by atomic mass is 16.6. The molecule has 0 radical (unpaired) electrons. The van der Waals surface area contributed by atoms with Crippen molar-refractivity contribution in [2.24, 2.45) is 5.10 Å². The Morgan fingerprint density at radius 1 is 1.20 bits per heavy atom. The number of anilines is 1. The Bertz CT molecular complexity index is 722. The number of hydrazone groups is 1. The predicted octanol–water partition coefficient (Wildman–Crippen LogP) is 2.87. The topological polar surface area (TPSA) is 85.7 Å². The first-order chi connectivity index (χ1) is 11.9. The van der Waals surface area contributed by atoms with Gasteiger partial charge in [0.25, 0.3) is 0 Å². The van der Waals surface area contributed by atoms with Gasteiger partial charge in [-0.15, -0.1) is 0 Å². The Kier molecular flexibility index (Phi) is 6.45. The molecule has 7 nitrogen and oxygen atoms in total. The number of carbonyl (C=O) groups is 1. The van der Waals surface area contributed by atoms with Gasteiger partial charge in [0.2, 0.25) is 5.95 Å². The van der Waals surface area contributed by atoms with Gasteiger partial charge >= 0.3 is 5.97 Å². The van der Waals surface area contributed by atoms with Crippen LogP contribution in [0.1, 0.15) is 30.8 Å². The molecule has 0 spiro atoms. The second-order valence-electron chi connectivity index (χ2n) is 5.74. The van der Waals surface area contributed by atoms with Gasteiger partial charge in [-0.3, -0.25) is 0 Å². The summed E-state index contributed by atoms with van der Waals surface area (Å²) < 4.78 is 10.4. The van der Waals surface area contributed by atoms with Crippen molar-refractivity contribution in [1.29, 1.82) is 0 Å². The summed E-state index contributed by atoms with van der Waals surface area (Å²) in [5, 5.41) is 4.12. The molecule has 0 bridgehead atoms. The fraction of sp³-hybridized carbons (Fsp3) is 0.333. The molecule has 7 heteroatoms. The number of carbonyl (C=O) groups excluding carboxylic acids is 1. The quantitative estimate of drug-likeness (QED) is 0.473. The lowest BCUT2D eigenvalue weighted by Gasteiger charge is -2.09. The van der Waals surface area contributed by atoms with Crippen LogP contribution in [0.3, 0.4) is 0 Å². The number of benzene rings is 1. The summed E-state index contributed by atoms with van der Waals surface area (Å²) in [5.74, 6) is 0.652. The van der Waals surface area contributed by atoms with E-state index < -0.39 is 5.97 Å². The second kappa shape index (κ2) is 8.77. The van der Waals surface area contributed by atoms with E-state index >= 15 is 0 Å². The van der Waals surface area contributed by atoms with E-state index in [1.807, 2.05) is 32.0 Å². The Morgan fingerprint density at radius 2 is 1.84 bits per heavy atom. The van der Waals surface area contributed by atoms with Gasteiger partial charge in [0.15, 0.2) is 6.61 Å². The molecule has 1 heterocycles. The minimum Gasteiger partial charge on any atom is -0.482 e. The van der Waals surface area contributed by atoms with Crippen molar-refractivity contribution in [3.63, 3.8) is 0 Å². The zero-order chi connectivity index (χ0) is 18.2. The number of ether oxygens (including phenoxy) is 2. The molecule has 1 aromatic heterocycles. The normalized spacial score (nSPS) is 10.9. The molecule has 0 aliphatic heterocycles. The average Bonchev–Trinajstić information content (AvgIpc) is 2.52. The molecule has 0 saturated heterocycles. The molecule has 0 unspecified atom stereocenters. The van der Waals surface area contributed by atoms with Gasteiger partial charge in [0.1, 0.15) is 5.75 Å². The zero-order valence-corrected chi connectivity index (χ0v) is 14.8. The number of hydrogen-bond acceptors (Lipinski definition) is 7. The number of rotatable bonds is 7. The molecule has 1 aromatic carbocycles. The molecule has 0 atom stereocenters. The first kappa shape index (κ1) is 18.4. The fourth-order valence-corrected chi connectivity index (χ4v) is 2.03. The molecule has 0 saturated carbocycles. The Hall–Kier alpha value is -2.96. The van der Waals surface area contributed by atoms with E-state index in [9.17, 15) is 4.79 Å². The third kappa shape index (κ3) is 6.58. The summed E-state index contributed by atoms with van der Waals surface area (Å²) in [5.41, 5.74) is 5.43. The average molecular weight is 342 g/mol. The third-order valence-corrected chi connectivity index (χ3v) is 2.96. The molecule has 2 aromatic rings. The number of nitrogens with one attached hydrogen (secondary N) is 1. The minimum atomic E-state index is -0.390. The molecular weight excluding hydrogens is 320 g/mol. The van der Waals surface area contributed by atoms with Crippen LogP contribution in [0.4, 0.5) is 5.95 Å². The van der Waals surface area contributed by atoms with E-state index in [4.69, 9.17) is 9.47 Å². The predicted molar refractivity (Wildman–Crippen MR) is 95.9 cm³/mol. The van der Waals surface area contributed by atoms with Crippen LogP contribution in [0.2, 0.25) is 0 Å². The summed E-state index contributed by atoms with van der Waals surface area (Å²) in [6.07, 6.45) is 1.50. The van der Waals surface area contributed by atoms with Crippen molar-refractivity contribution in [3.05, 3.63) is 47.3 Å². The summed E-state index contributed by atoms with van der Waals surface area (Å²) in [6.45, 7) is 7.28. The molecule has 1 N–H and O–H groups in total. The molecular formula is C18H22N4O3. The fourth-order valence-electron chi connectivity index (χ4n) is 2.03. The van der Waals surface area contributed by atoms with Gasteiger partial charge in [-0.25, -0.2) is 20.2 Å². The number of esters is 1. The minimum absolute atomic E-state index is 0.114. The van der Waals surface area contributed by atoms with E-state index in [0.29, 0.717) is 11.7 Å². The van der Waals surface area contributed by atoms with Crippen LogP contribution in [-0.4, -0.2) is 34.9 Å². The van der Waals surface area contributed by atoms with Crippen molar-refractivity contribution >= 4 is 18.1 Å². The molecule has 0 aliphatic carbocycles. The standard InChI is InChI=1S/C18H22N4O3/c1-12(2)25-17(23)11-24-16-7-5-15(6-8-16)10-19-22-18-20-13(3)9-14(4)21-18/h5-10,12H,11H2,1-4H3,(H,20,21,22). The van der Waals surface area contributed by atoms with E-state index in [0.717, 1.165) is 17.0 Å². The summed E-state index contributed by atoms with van der Waals surface area (Å²) >= 11 is 0. The molecule has 132 valence electrons. The van der Waals surface area contributed by atoms with Crippen LogP contribution in [0.15, 0.2) is 35.4 Å². The van der Waals surface area contributed by atoms with Crippen LogP contribution in [-0.2, 0) is 9.53 Å². The van der Waals surface area contributed by atoms with E-state index in [1.165, 1.54) is 0 Å². The molecule has 0 amide bonds. The summed E-state index contributed by atoms with van der Waals surface area (Å²) in [4.78, 5) is 19.9. The highest BCUT2D eigenvalue weighted by Gasteiger charge is 2.06. The van der Waals surface area contributed by atoms with Crippen molar-refractivity contribution < 1.29 is 14.3 Å². The van der Waals surface area contributed by atoms with E-state index in [1.54, 1.807) is 32.2 Å². The van der Waals surface area contributed by atoms with Gasteiger partial charge in [-0.1, -0.05) is 0 Å². The smallest absolute Gasteiger partial charge is 0.344 e. The molecule has 0 fully saturated rings. The lowest BCUT2D eigenvalue weighted by atomic mass is 10.2. The van der Waals surface area contributed by atoms with Gasteiger partial charge < -0.3 is 9.47 Å². The van der Waals surface area contributed by atoms with Crippen molar-refractivity contribution in [1.82, 2.24) is 9.97 Å². The van der Waals surface area contributed by atoms with E-state index in [-0.39, 0.29) is 12.7 Å². The van der Waals surface area contributed by atoms with Gasteiger partial charge in [-0.05, 0) is 63.6 Å². The maximum Gasteiger partial charge on any atom is 0.344 e. The lowest BCUT2D eigenvalue weighted by Crippen LogP contribution is -2.18. The molecule has 0 aliphatic rings. The Balaban J connectivity index is 1.86. The highest BCUT2D eigenvalue weighted by molar-refractivity contribution is 5.80. The first-order valence-electron chi connectivity index (χ1n) is 7.96. The van der Waals surface area contributed by atoms with Gasteiger partial charge in [0, 0.05) is 11.4 Å². The zero-order valence-electron chi connectivity index (χ0n) is 14.8. The first-order valence-corrected chi connectivity index (χ1v) is 7.96. The SMILES string of the molecule is Cc1cc(C)nc(NN=Cc2ccc(OCC(=O)OC(C)C)cc2)n1. The van der Waals surface area contributed by atoms with Gasteiger partial charge in [-0.2, -0.15) is 5.10 Å². The maximum atomic E-state index is 11.4. The second-order valence-corrected chi connectivity index (χ2v) is 5.74. The Labute approximate surface area is 147 Å². The Morgan fingerprint density at radius 3 is 2.44 bits per heavy atom. The number of nitrogens with zero attached hydrogens (tertiary/aromatic N) is 3. The maximum absolute atomic E-state index is 11.4. The van der Waals surface area contributed by atoms with Crippen LogP contribution in [0.5, 0.6) is 5.75 Å². The van der Waals surface area contributed by atoms with Crippen LogP contribution >= 0.6 is 0 Å². The number of aryl methyl sites for hydroxylation is 2. The van der Waals surface area contributed by atoms with Crippen LogP contribution < -0.4 is 10.2 Å². The molecule has 2 rings (SSSR count). The van der Waals surface area contributed by atoms with Crippen molar-refractivity contribution in [3.8, 4) is 5.75 Å². The largest absolute Gasteiger partial charge is 0.482 e. The number of aromatic nitrogens is 2. The lowest BCUT2D eigenvalue weighted by molar-refractivity contribution is -0.149. The van der Waals surface area contributed by atoms with Crippen LogP contribution in [0.25, 0.3) is 0 Å². The van der Waals surface area contributed by atoms with Crippen LogP contribution in [0, 0.1) is 13.8 Å². The monoisotopic (exact) mass is 342 g/mol. The summed E-state index contributed by atoms with van der Waals surface area (Å²) in [7, 11) is 0. The highest BCUT2D eigenvalue weighted by Crippen LogP contribution is 2.11. The third-order valence-electron chi connectivity index (χ3n) is 2.96. The molecule has 25 heavy (non-hydrogen) atoms. The van der Waals surface area contributed by atoms with Gasteiger partial charge in [0.05, 0.1) is 12.3 Å².